The van der Waals surface area contributed by atoms with E-state index in [1.165, 1.54) is 25.3 Å². The Labute approximate surface area is 303 Å². The number of fused-ring (bicyclic) bond motifs is 3. The van der Waals surface area contributed by atoms with Gasteiger partial charge in [-0.2, -0.15) is 10.2 Å². The maximum atomic E-state index is 13.9. The lowest BCUT2D eigenvalue weighted by atomic mass is 9.72. The molecule has 2 aliphatic carbocycles. The number of aliphatic hydroxyl groups is 3. The summed E-state index contributed by atoms with van der Waals surface area (Å²) in [7, 11) is 1.33. The summed E-state index contributed by atoms with van der Waals surface area (Å²) in [5.41, 5.74) is -1.77. The Bertz CT molecular complexity index is 2120. The zero-order valence-electron chi connectivity index (χ0n) is 28.7. The van der Waals surface area contributed by atoms with Crippen LogP contribution >= 0.6 is 0 Å². The van der Waals surface area contributed by atoms with Crippen LogP contribution < -0.4 is 10.1 Å². The van der Waals surface area contributed by atoms with Crippen molar-refractivity contribution >= 4 is 34.4 Å². The minimum atomic E-state index is -2.29. The van der Waals surface area contributed by atoms with E-state index in [-0.39, 0.29) is 34.4 Å². The Hall–Kier alpha value is -5.51. The molecule has 0 radical (unpaired) electrons. The predicted molar refractivity (Wildman–Crippen MR) is 188 cm³/mol. The fraction of sp³-hybridized carbons (Fsp3) is 0.308. The Morgan fingerprint density at radius 3 is 2.28 bits per heavy atom. The highest BCUT2D eigenvalue weighted by molar-refractivity contribution is 6.31. The summed E-state index contributed by atoms with van der Waals surface area (Å²) in [4.78, 5) is 40.6. The molecule has 4 aromatic carbocycles. The number of phenols is 2. The van der Waals surface area contributed by atoms with Gasteiger partial charge in [-0.15, -0.1) is 0 Å². The van der Waals surface area contributed by atoms with E-state index in [2.05, 4.69) is 15.5 Å². The zero-order chi connectivity index (χ0) is 37.6. The van der Waals surface area contributed by atoms with Crippen molar-refractivity contribution in [2.24, 2.45) is 10.2 Å². The second-order valence-corrected chi connectivity index (χ2v) is 13.3. The molecule has 274 valence electrons. The van der Waals surface area contributed by atoms with Crippen LogP contribution in [0.2, 0.25) is 0 Å². The number of nitrogens with one attached hydrogen (secondary N) is 1. The number of aliphatic hydroxyl groups excluding tert-OH is 2. The van der Waals surface area contributed by atoms with Crippen LogP contribution in [0.15, 0.2) is 83.0 Å². The normalized spacial score (nSPS) is 25.0. The average Bonchev–Trinajstić information content (AvgIpc) is 3.16. The molecule has 1 fully saturated rings. The summed E-state index contributed by atoms with van der Waals surface area (Å²) in [6.45, 7) is 0.597. The molecular formula is C39H37N3O11. The largest absolute Gasteiger partial charge is 0.507 e. The van der Waals surface area contributed by atoms with Gasteiger partial charge in [-0.1, -0.05) is 30.3 Å². The Morgan fingerprint density at radius 2 is 1.60 bits per heavy atom. The number of anilines is 1. The van der Waals surface area contributed by atoms with Crippen LogP contribution in [0, 0.1) is 0 Å². The summed E-state index contributed by atoms with van der Waals surface area (Å²) in [6, 6.07) is 20.1. The Kier molecular flexibility index (Phi) is 9.57. The first-order chi connectivity index (χ1) is 25.4. The minimum Gasteiger partial charge on any atom is -0.507 e. The number of hydrogen-bond donors (Lipinski definition) is 6. The number of ether oxygens (including phenoxy) is 3. The van der Waals surface area contributed by atoms with Crippen LogP contribution in [-0.4, -0.2) is 86.7 Å². The SMILES string of the molecule is COc1cccc2c1C(=O)c1c(O)c3c(c(O)c1C2=O)C[C@@](O)(C(=O)CO)C[C@@H]3OC1CC(Nc2ccc(N=Nc3ccccc3)cc2)C(O)C(C)O1. The summed E-state index contributed by atoms with van der Waals surface area (Å²) < 4.78 is 17.7. The van der Waals surface area contributed by atoms with Gasteiger partial charge in [-0.25, -0.2) is 0 Å². The zero-order valence-corrected chi connectivity index (χ0v) is 28.7. The van der Waals surface area contributed by atoms with E-state index in [0.29, 0.717) is 17.1 Å². The Balaban J connectivity index is 1.20. The molecule has 3 aliphatic rings. The van der Waals surface area contributed by atoms with Crippen molar-refractivity contribution in [2.45, 2.75) is 62.4 Å². The number of azo groups is 1. The van der Waals surface area contributed by atoms with Gasteiger partial charge >= 0.3 is 0 Å². The molecule has 0 amide bonds. The number of rotatable bonds is 9. The third kappa shape index (κ3) is 6.44. The number of hydrogen-bond acceptors (Lipinski definition) is 14. The van der Waals surface area contributed by atoms with Crippen molar-refractivity contribution in [3.8, 4) is 17.2 Å². The molecule has 0 aromatic heterocycles. The number of carbonyl (C=O) groups excluding carboxylic acids is 3. The molecule has 0 bridgehead atoms. The van der Waals surface area contributed by atoms with Gasteiger partial charge < -0.3 is 45.1 Å². The summed E-state index contributed by atoms with van der Waals surface area (Å²) >= 11 is 0. The lowest BCUT2D eigenvalue weighted by molar-refractivity contribution is -0.245. The number of methoxy groups -OCH3 is 1. The molecule has 6 atom stereocenters. The molecule has 0 spiro atoms. The van der Waals surface area contributed by atoms with Crippen molar-refractivity contribution < 1.29 is 54.1 Å². The number of nitrogens with zero attached hydrogens (tertiary/aromatic N) is 2. The average molecular weight is 724 g/mol. The van der Waals surface area contributed by atoms with Crippen LogP contribution in [-0.2, 0) is 20.7 Å². The van der Waals surface area contributed by atoms with E-state index in [1.54, 1.807) is 31.2 Å². The molecule has 14 nitrogen and oxygen atoms in total. The molecule has 0 saturated carbocycles. The van der Waals surface area contributed by atoms with Crippen molar-refractivity contribution in [2.75, 3.05) is 19.0 Å². The van der Waals surface area contributed by atoms with Crippen molar-refractivity contribution in [1.82, 2.24) is 0 Å². The number of phenolic OH excluding ortho intramolecular Hbond substituents is 2. The Morgan fingerprint density at radius 1 is 0.925 bits per heavy atom. The first-order valence-electron chi connectivity index (χ1n) is 17.0. The van der Waals surface area contributed by atoms with Gasteiger partial charge in [-0.3, -0.25) is 14.4 Å². The molecule has 7 rings (SSSR count). The van der Waals surface area contributed by atoms with E-state index in [1.807, 2.05) is 30.3 Å². The molecule has 6 N–H and O–H groups in total. The predicted octanol–water partition coefficient (Wildman–Crippen LogP) is 4.57. The van der Waals surface area contributed by atoms with Gasteiger partial charge in [0.1, 0.15) is 35.6 Å². The fourth-order valence-corrected chi connectivity index (χ4v) is 7.31. The second-order valence-electron chi connectivity index (χ2n) is 13.3. The van der Waals surface area contributed by atoms with Gasteiger partial charge in [0.25, 0.3) is 0 Å². The molecular weight excluding hydrogens is 686 g/mol. The maximum absolute atomic E-state index is 13.9. The van der Waals surface area contributed by atoms with Gasteiger partial charge in [0.15, 0.2) is 17.9 Å². The molecule has 53 heavy (non-hydrogen) atoms. The lowest BCUT2D eigenvalue weighted by Crippen LogP contribution is -2.52. The van der Waals surface area contributed by atoms with Gasteiger partial charge in [-0.05, 0) is 49.4 Å². The molecule has 4 aromatic rings. The highest BCUT2D eigenvalue weighted by Gasteiger charge is 2.50. The topological polar surface area (TPSA) is 217 Å². The van der Waals surface area contributed by atoms with Crippen LogP contribution in [0.3, 0.4) is 0 Å². The lowest BCUT2D eigenvalue weighted by Gasteiger charge is -2.43. The van der Waals surface area contributed by atoms with Crippen LogP contribution in [0.25, 0.3) is 0 Å². The molecule has 4 unspecified atom stereocenters. The number of carbonyl (C=O) groups is 3. The van der Waals surface area contributed by atoms with E-state index < -0.39 is 95.7 Å². The maximum Gasteiger partial charge on any atom is 0.202 e. The summed E-state index contributed by atoms with van der Waals surface area (Å²) in [5, 5.41) is 67.5. The highest BCUT2D eigenvalue weighted by Crippen LogP contribution is 2.52. The third-order valence-corrected chi connectivity index (χ3v) is 10.0. The minimum absolute atomic E-state index is 0.0405. The van der Waals surface area contributed by atoms with Gasteiger partial charge in [0.2, 0.25) is 5.78 Å². The van der Waals surface area contributed by atoms with Crippen molar-refractivity contribution in [3.05, 3.63) is 106 Å². The standard InChI is InChI=1S/C39H37N3O11/c1-19-34(45)25(40-20-11-13-22(14-12-20)42-41-21-7-4-3-5-8-21)15-29(52-19)53-27-17-39(50,28(44)18-43)16-24-31(27)38(49)33-32(36(24)47)35(46)23-9-6-10-26(51-2)30(23)37(33)48/h3-14,19,25,27,29,34,40,43,45,47,49-50H,15-18H2,1-2H3/t19?,25?,27-,29?,34?,39-/m0/s1. The second kappa shape index (κ2) is 14.1. The van der Waals surface area contributed by atoms with E-state index in [9.17, 15) is 39.9 Å². The number of benzene rings is 4. The number of aromatic hydroxyl groups is 2. The van der Waals surface area contributed by atoms with Crippen molar-refractivity contribution in [1.29, 1.82) is 0 Å². The molecule has 14 heteroatoms. The monoisotopic (exact) mass is 723 g/mol. The third-order valence-electron chi connectivity index (χ3n) is 10.0. The quantitative estimate of drug-likeness (QED) is 0.0911. The molecule has 1 saturated heterocycles. The molecule has 1 heterocycles. The fourth-order valence-electron chi connectivity index (χ4n) is 7.31. The molecule has 1 aliphatic heterocycles. The van der Waals surface area contributed by atoms with Crippen LogP contribution in [0.4, 0.5) is 17.1 Å². The van der Waals surface area contributed by atoms with Gasteiger partial charge in [0, 0.05) is 41.6 Å². The first kappa shape index (κ1) is 35.9. The number of ketones is 3. The van der Waals surface area contributed by atoms with Crippen molar-refractivity contribution in [3.63, 3.8) is 0 Å². The summed E-state index contributed by atoms with van der Waals surface area (Å²) in [5.74, 6) is -3.83. The van der Waals surface area contributed by atoms with Crippen LogP contribution in [0.1, 0.15) is 68.8 Å². The first-order valence-corrected chi connectivity index (χ1v) is 17.0. The summed E-state index contributed by atoms with van der Waals surface area (Å²) in [6.07, 6.45) is -5.32. The van der Waals surface area contributed by atoms with E-state index >= 15 is 0 Å². The highest BCUT2D eigenvalue weighted by atomic mass is 16.7. The van der Waals surface area contributed by atoms with Crippen LogP contribution in [0.5, 0.6) is 17.2 Å². The van der Waals surface area contributed by atoms with E-state index in [4.69, 9.17) is 14.2 Å². The smallest absolute Gasteiger partial charge is 0.202 e. The van der Waals surface area contributed by atoms with E-state index in [0.717, 1.165) is 0 Å². The number of Topliss-reactive ketones (excluding diaryl/α,β-unsaturated/α-hetero) is 1. The van der Waals surface area contributed by atoms with Gasteiger partial charge in [0.05, 0.1) is 53.4 Å².